The van der Waals surface area contributed by atoms with Crippen molar-refractivity contribution in [1.29, 1.82) is 0 Å². The highest BCUT2D eigenvalue weighted by Crippen LogP contribution is 1.95. The van der Waals surface area contributed by atoms with Crippen LogP contribution in [0.25, 0.3) is 0 Å². The van der Waals surface area contributed by atoms with Crippen molar-refractivity contribution in [2.45, 2.75) is 19.4 Å². The lowest BCUT2D eigenvalue weighted by Crippen LogP contribution is -2.38. The van der Waals surface area contributed by atoms with Crippen molar-refractivity contribution in [3.63, 3.8) is 0 Å². The zero-order valence-corrected chi connectivity index (χ0v) is 8.90. The van der Waals surface area contributed by atoms with E-state index in [2.05, 4.69) is 27.5 Å². The molecule has 1 aliphatic heterocycles. The Bertz CT molecular complexity index is 334. The second-order valence-electron chi connectivity index (χ2n) is 3.73. The molecule has 0 bridgehead atoms. The van der Waals surface area contributed by atoms with Crippen LogP contribution in [0.5, 0.6) is 0 Å². The monoisotopic (exact) mass is 204 g/mol. The Balaban J connectivity index is 1.72. The van der Waals surface area contributed by atoms with Gasteiger partial charge in [-0.3, -0.25) is 9.98 Å². The van der Waals surface area contributed by atoms with Gasteiger partial charge in [-0.15, -0.1) is 0 Å². The number of nitrogens with zero attached hydrogens (tertiary/aromatic N) is 2. The smallest absolute Gasteiger partial charge is 0.191 e. The summed E-state index contributed by atoms with van der Waals surface area (Å²) in [6.45, 7) is 3.86. The summed E-state index contributed by atoms with van der Waals surface area (Å²) in [5.74, 6) is 0.915. The SMILES string of the molecule is CC1CN=C(NCCc2ccccn2)N1. The number of aliphatic imine (C=N–C) groups is 1. The topological polar surface area (TPSA) is 49.3 Å². The average molecular weight is 204 g/mol. The molecule has 1 aliphatic rings. The Hall–Kier alpha value is -1.58. The van der Waals surface area contributed by atoms with Gasteiger partial charge in [0.25, 0.3) is 0 Å². The summed E-state index contributed by atoms with van der Waals surface area (Å²) in [5.41, 5.74) is 1.11. The first-order valence-corrected chi connectivity index (χ1v) is 5.29. The number of guanidine groups is 1. The molecule has 0 saturated carbocycles. The van der Waals surface area contributed by atoms with Gasteiger partial charge in [-0.2, -0.15) is 0 Å². The molecular weight excluding hydrogens is 188 g/mol. The molecule has 4 nitrogen and oxygen atoms in total. The van der Waals surface area contributed by atoms with Gasteiger partial charge in [-0.05, 0) is 19.1 Å². The number of nitrogens with one attached hydrogen (secondary N) is 2. The van der Waals surface area contributed by atoms with E-state index >= 15 is 0 Å². The first-order chi connectivity index (χ1) is 7.34. The number of hydrogen-bond acceptors (Lipinski definition) is 4. The molecule has 0 fully saturated rings. The fraction of sp³-hybridized carbons (Fsp3) is 0.455. The van der Waals surface area contributed by atoms with Crippen LogP contribution in [-0.2, 0) is 6.42 Å². The van der Waals surface area contributed by atoms with Crippen LogP contribution < -0.4 is 10.6 Å². The summed E-state index contributed by atoms with van der Waals surface area (Å²) >= 11 is 0. The normalized spacial score (nSPS) is 19.5. The first-order valence-electron chi connectivity index (χ1n) is 5.29. The van der Waals surface area contributed by atoms with Crippen LogP contribution in [-0.4, -0.2) is 30.1 Å². The summed E-state index contributed by atoms with van der Waals surface area (Å²) in [4.78, 5) is 8.58. The molecule has 0 radical (unpaired) electrons. The molecule has 0 spiro atoms. The molecule has 80 valence electrons. The predicted molar refractivity (Wildman–Crippen MR) is 60.8 cm³/mol. The molecular formula is C11H16N4. The van der Waals surface area contributed by atoms with Crippen molar-refractivity contribution in [2.75, 3.05) is 13.1 Å². The van der Waals surface area contributed by atoms with Crippen LogP contribution >= 0.6 is 0 Å². The average Bonchev–Trinajstić information content (AvgIpc) is 2.66. The largest absolute Gasteiger partial charge is 0.356 e. The highest BCUT2D eigenvalue weighted by Gasteiger charge is 2.10. The number of rotatable bonds is 3. The highest BCUT2D eigenvalue weighted by atomic mass is 15.2. The summed E-state index contributed by atoms with van der Waals surface area (Å²) < 4.78 is 0. The van der Waals surface area contributed by atoms with E-state index in [0.717, 1.165) is 31.2 Å². The Morgan fingerprint density at radius 2 is 2.47 bits per heavy atom. The van der Waals surface area contributed by atoms with Crippen LogP contribution in [0.1, 0.15) is 12.6 Å². The van der Waals surface area contributed by atoms with Gasteiger partial charge in [-0.25, -0.2) is 0 Å². The molecule has 2 heterocycles. The van der Waals surface area contributed by atoms with Gasteiger partial charge in [0, 0.05) is 30.9 Å². The minimum Gasteiger partial charge on any atom is -0.356 e. The van der Waals surface area contributed by atoms with Gasteiger partial charge >= 0.3 is 0 Å². The van der Waals surface area contributed by atoms with Crippen molar-refractivity contribution < 1.29 is 0 Å². The summed E-state index contributed by atoms with van der Waals surface area (Å²) in [7, 11) is 0. The third kappa shape index (κ3) is 2.94. The number of hydrogen-bond donors (Lipinski definition) is 2. The van der Waals surface area contributed by atoms with Crippen LogP contribution in [0, 0.1) is 0 Å². The zero-order valence-electron chi connectivity index (χ0n) is 8.90. The van der Waals surface area contributed by atoms with Crippen molar-refractivity contribution in [2.24, 2.45) is 4.99 Å². The van der Waals surface area contributed by atoms with Crippen molar-refractivity contribution in [3.8, 4) is 0 Å². The molecule has 1 atom stereocenters. The Labute approximate surface area is 89.8 Å². The minimum absolute atomic E-state index is 0.461. The summed E-state index contributed by atoms with van der Waals surface area (Å²) in [6, 6.07) is 6.44. The van der Waals surface area contributed by atoms with Crippen LogP contribution in [0.3, 0.4) is 0 Å². The van der Waals surface area contributed by atoms with Gasteiger partial charge in [0.05, 0.1) is 6.54 Å². The lowest BCUT2D eigenvalue weighted by atomic mass is 10.3. The fourth-order valence-corrected chi connectivity index (χ4v) is 1.51. The number of pyridine rings is 1. The molecule has 1 aromatic heterocycles. The van der Waals surface area contributed by atoms with Crippen molar-refractivity contribution >= 4 is 5.96 Å². The maximum Gasteiger partial charge on any atom is 0.191 e. The molecule has 0 amide bonds. The van der Waals surface area contributed by atoms with Gasteiger partial charge in [0.2, 0.25) is 0 Å². The molecule has 15 heavy (non-hydrogen) atoms. The van der Waals surface area contributed by atoms with Gasteiger partial charge in [0.15, 0.2) is 5.96 Å². The molecule has 1 aromatic rings. The second kappa shape index (κ2) is 4.77. The van der Waals surface area contributed by atoms with Crippen LogP contribution in [0.15, 0.2) is 29.4 Å². The molecule has 0 aliphatic carbocycles. The Morgan fingerprint density at radius 3 is 3.13 bits per heavy atom. The lowest BCUT2D eigenvalue weighted by Gasteiger charge is -2.08. The van der Waals surface area contributed by atoms with Gasteiger partial charge in [-0.1, -0.05) is 6.07 Å². The van der Waals surface area contributed by atoms with Crippen LogP contribution in [0.4, 0.5) is 0 Å². The van der Waals surface area contributed by atoms with Crippen molar-refractivity contribution in [3.05, 3.63) is 30.1 Å². The molecule has 2 rings (SSSR count). The Kier molecular flexibility index (Phi) is 3.17. The zero-order chi connectivity index (χ0) is 10.5. The summed E-state index contributed by atoms with van der Waals surface area (Å²) in [5, 5.41) is 6.52. The van der Waals surface area contributed by atoms with Gasteiger partial charge < -0.3 is 10.6 Å². The van der Waals surface area contributed by atoms with E-state index in [1.54, 1.807) is 0 Å². The quantitative estimate of drug-likeness (QED) is 0.756. The van der Waals surface area contributed by atoms with E-state index in [1.165, 1.54) is 0 Å². The maximum atomic E-state index is 4.32. The highest BCUT2D eigenvalue weighted by molar-refractivity contribution is 5.81. The lowest BCUT2D eigenvalue weighted by molar-refractivity contribution is 0.711. The number of aromatic nitrogens is 1. The van der Waals surface area contributed by atoms with E-state index in [1.807, 2.05) is 24.4 Å². The van der Waals surface area contributed by atoms with Crippen molar-refractivity contribution in [1.82, 2.24) is 15.6 Å². The van der Waals surface area contributed by atoms with E-state index in [9.17, 15) is 0 Å². The van der Waals surface area contributed by atoms with E-state index in [4.69, 9.17) is 0 Å². The second-order valence-corrected chi connectivity index (χ2v) is 3.73. The molecule has 1 unspecified atom stereocenters. The standard InChI is InChI=1S/C11H16N4/c1-9-8-14-11(15-9)13-7-5-10-4-2-3-6-12-10/h2-4,6,9H,5,7-8H2,1H3,(H2,13,14,15). The molecule has 4 heteroatoms. The first kappa shape index (κ1) is 9.96. The van der Waals surface area contributed by atoms with E-state index in [-0.39, 0.29) is 0 Å². The third-order valence-corrected chi connectivity index (χ3v) is 2.31. The Morgan fingerprint density at radius 1 is 1.53 bits per heavy atom. The molecule has 0 aromatic carbocycles. The minimum atomic E-state index is 0.461. The maximum absolute atomic E-state index is 4.32. The summed E-state index contributed by atoms with van der Waals surface area (Å²) in [6.07, 6.45) is 2.75. The van der Waals surface area contributed by atoms with Gasteiger partial charge in [0.1, 0.15) is 0 Å². The van der Waals surface area contributed by atoms with Crippen LogP contribution in [0.2, 0.25) is 0 Å². The van der Waals surface area contributed by atoms with E-state index < -0.39 is 0 Å². The fourth-order valence-electron chi connectivity index (χ4n) is 1.51. The third-order valence-electron chi connectivity index (χ3n) is 2.31. The predicted octanol–water partition coefficient (Wildman–Crippen LogP) is 0.561. The van der Waals surface area contributed by atoms with E-state index in [0.29, 0.717) is 6.04 Å². The molecule has 0 saturated heterocycles. The molecule has 2 N–H and O–H groups in total.